The number of hydrogen-bond acceptors (Lipinski definition) is 7. The third-order valence-electron chi connectivity index (χ3n) is 4.74. The molecule has 0 bridgehead atoms. The molecule has 0 fully saturated rings. The highest BCUT2D eigenvalue weighted by molar-refractivity contribution is 7.99. The Morgan fingerprint density at radius 1 is 1.12 bits per heavy atom. The van der Waals surface area contributed by atoms with Gasteiger partial charge in [-0.25, -0.2) is 4.98 Å². The van der Waals surface area contributed by atoms with Crippen molar-refractivity contribution in [1.82, 2.24) is 20.5 Å². The first-order chi connectivity index (χ1) is 16.0. The minimum absolute atomic E-state index is 0.0675. The first-order valence-corrected chi connectivity index (χ1v) is 12.3. The number of methoxy groups -OCH3 is 1. The second kappa shape index (κ2) is 10.8. The fourth-order valence-electron chi connectivity index (χ4n) is 3.03. The molecule has 1 N–H and O–H groups in total. The summed E-state index contributed by atoms with van der Waals surface area (Å²) in [7, 11) is 1.65. The molecule has 0 atom stereocenters. The number of thioether (sulfide) groups is 1. The second-order valence-electron chi connectivity index (χ2n) is 7.11. The lowest BCUT2D eigenvalue weighted by molar-refractivity contribution is -0.118. The molecular weight excluding hydrogens is 476 g/mol. The Morgan fingerprint density at radius 2 is 1.94 bits per heavy atom. The molecule has 0 aliphatic heterocycles. The first kappa shape index (κ1) is 23.2. The summed E-state index contributed by atoms with van der Waals surface area (Å²) in [6.45, 7) is 2.42. The summed E-state index contributed by atoms with van der Waals surface area (Å²) >= 11 is 8.79. The molecule has 9 heteroatoms. The van der Waals surface area contributed by atoms with Gasteiger partial charge in [-0.1, -0.05) is 47.6 Å². The van der Waals surface area contributed by atoms with E-state index in [9.17, 15) is 4.79 Å². The van der Waals surface area contributed by atoms with Crippen molar-refractivity contribution in [2.45, 2.75) is 18.5 Å². The average molecular weight is 497 g/mol. The molecule has 33 heavy (non-hydrogen) atoms. The van der Waals surface area contributed by atoms with Crippen LogP contribution in [0.25, 0.3) is 21.1 Å². The summed E-state index contributed by atoms with van der Waals surface area (Å²) in [5.74, 6) is 0.989. The highest BCUT2D eigenvalue weighted by Crippen LogP contribution is 2.35. The van der Waals surface area contributed by atoms with Gasteiger partial charge in [0.25, 0.3) is 0 Å². The van der Waals surface area contributed by atoms with E-state index in [1.165, 1.54) is 11.8 Å². The van der Waals surface area contributed by atoms with Gasteiger partial charge in [-0.2, -0.15) is 0 Å². The van der Waals surface area contributed by atoms with Crippen LogP contribution in [0.1, 0.15) is 11.3 Å². The first-order valence-electron chi connectivity index (χ1n) is 10.1. The number of carbonyl (C=O) groups excluding carboxylic acids is 1. The van der Waals surface area contributed by atoms with Gasteiger partial charge in [-0.3, -0.25) is 4.79 Å². The van der Waals surface area contributed by atoms with Gasteiger partial charge in [0.05, 0.1) is 23.4 Å². The number of rotatable bonds is 8. The summed E-state index contributed by atoms with van der Waals surface area (Å²) in [5.41, 5.74) is 3.65. The quantitative estimate of drug-likeness (QED) is 0.318. The molecule has 0 spiro atoms. The molecular formula is C24H21ClN4O2S2. The Balaban J connectivity index is 1.35. The van der Waals surface area contributed by atoms with Gasteiger partial charge in [0, 0.05) is 17.1 Å². The van der Waals surface area contributed by atoms with Crippen molar-refractivity contribution >= 4 is 40.6 Å². The Bertz CT molecular complexity index is 1240. The highest BCUT2D eigenvalue weighted by atomic mass is 35.5. The van der Waals surface area contributed by atoms with E-state index in [2.05, 4.69) is 15.5 Å². The zero-order chi connectivity index (χ0) is 23.2. The van der Waals surface area contributed by atoms with Crippen LogP contribution in [-0.2, 0) is 11.3 Å². The third kappa shape index (κ3) is 6.10. The Morgan fingerprint density at radius 3 is 2.67 bits per heavy atom. The fraction of sp³-hybridized carbons (Fsp3) is 0.167. The monoisotopic (exact) mass is 496 g/mol. The summed E-state index contributed by atoms with van der Waals surface area (Å²) in [6.07, 6.45) is 0. The zero-order valence-corrected chi connectivity index (χ0v) is 20.4. The van der Waals surface area contributed by atoms with Crippen molar-refractivity contribution in [3.05, 3.63) is 76.9 Å². The van der Waals surface area contributed by atoms with Gasteiger partial charge >= 0.3 is 0 Å². The van der Waals surface area contributed by atoms with Crippen LogP contribution in [0.4, 0.5) is 0 Å². The number of aromatic nitrogens is 3. The molecule has 2 heterocycles. The van der Waals surface area contributed by atoms with E-state index >= 15 is 0 Å². The van der Waals surface area contributed by atoms with E-state index in [1.807, 2.05) is 55.5 Å². The molecule has 0 radical (unpaired) electrons. The predicted molar refractivity (Wildman–Crippen MR) is 134 cm³/mol. The van der Waals surface area contributed by atoms with E-state index in [0.29, 0.717) is 16.6 Å². The topological polar surface area (TPSA) is 77.0 Å². The standard InChI is InChI=1S/C24H21ClN4O2S2/c1-15-23(33-24(27-15)17-4-3-5-19(12-17)31-2)20-10-11-22(29-28-20)32-14-21(30)26-13-16-6-8-18(25)9-7-16/h3-12H,13-14H2,1-2H3,(H,26,30). The van der Waals surface area contributed by atoms with Crippen LogP contribution < -0.4 is 10.1 Å². The molecule has 0 saturated carbocycles. The summed E-state index contributed by atoms with van der Waals surface area (Å²) < 4.78 is 5.31. The van der Waals surface area contributed by atoms with Crippen molar-refractivity contribution < 1.29 is 9.53 Å². The van der Waals surface area contributed by atoms with Gasteiger partial charge in [0.15, 0.2) is 0 Å². The number of ether oxygens (including phenoxy) is 1. The van der Waals surface area contributed by atoms with Crippen LogP contribution in [-0.4, -0.2) is 34.0 Å². The second-order valence-corrected chi connectivity index (χ2v) is 9.55. The Kier molecular flexibility index (Phi) is 7.59. The van der Waals surface area contributed by atoms with Crippen molar-refractivity contribution in [1.29, 1.82) is 0 Å². The van der Waals surface area contributed by atoms with Crippen molar-refractivity contribution in [3.63, 3.8) is 0 Å². The van der Waals surface area contributed by atoms with Crippen LogP contribution in [0.2, 0.25) is 5.02 Å². The molecule has 1 amide bonds. The number of hydrogen-bond donors (Lipinski definition) is 1. The summed E-state index contributed by atoms with van der Waals surface area (Å²) in [5, 5.41) is 13.8. The van der Waals surface area contributed by atoms with E-state index in [1.54, 1.807) is 30.6 Å². The summed E-state index contributed by atoms with van der Waals surface area (Å²) in [6, 6.07) is 19.0. The number of aryl methyl sites for hydroxylation is 1. The van der Waals surface area contributed by atoms with Gasteiger partial charge in [-0.15, -0.1) is 21.5 Å². The third-order valence-corrected chi connectivity index (χ3v) is 7.14. The number of halogens is 1. The molecule has 4 rings (SSSR count). The molecule has 0 unspecified atom stereocenters. The molecule has 0 aliphatic carbocycles. The van der Waals surface area contributed by atoms with E-state index in [-0.39, 0.29) is 11.7 Å². The van der Waals surface area contributed by atoms with E-state index < -0.39 is 0 Å². The number of carbonyl (C=O) groups is 1. The Labute approximate surface area is 205 Å². The normalized spacial score (nSPS) is 10.8. The van der Waals surface area contributed by atoms with Crippen LogP contribution in [0, 0.1) is 6.92 Å². The number of nitrogens with one attached hydrogen (secondary N) is 1. The molecule has 0 saturated heterocycles. The van der Waals surface area contributed by atoms with Crippen LogP contribution in [0.3, 0.4) is 0 Å². The lowest BCUT2D eigenvalue weighted by Gasteiger charge is -2.05. The van der Waals surface area contributed by atoms with Crippen LogP contribution in [0.15, 0.2) is 65.7 Å². The lowest BCUT2D eigenvalue weighted by atomic mass is 10.2. The van der Waals surface area contributed by atoms with E-state index in [0.717, 1.165) is 38.1 Å². The lowest BCUT2D eigenvalue weighted by Crippen LogP contribution is -2.24. The van der Waals surface area contributed by atoms with Gasteiger partial charge in [-0.05, 0) is 48.9 Å². The Hall–Kier alpha value is -2.94. The SMILES string of the molecule is COc1cccc(-c2nc(C)c(-c3ccc(SCC(=O)NCc4ccc(Cl)cc4)nn3)s2)c1. The zero-order valence-electron chi connectivity index (χ0n) is 18.0. The molecule has 2 aromatic carbocycles. The highest BCUT2D eigenvalue weighted by Gasteiger charge is 2.14. The smallest absolute Gasteiger partial charge is 0.230 e. The summed E-state index contributed by atoms with van der Waals surface area (Å²) in [4.78, 5) is 17.8. The maximum atomic E-state index is 12.2. The molecule has 168 valence electrons. The minimum Gasteiger partial charge on any atom is -0.497 e. The number of amides is 1. The van der Waals surface area contributed by atoms with E-state index in [4.69, 9.17) is 21.3 Å². The fourth-order valence-corrected chi connectivity index (χ4v) is 4.82. The minimum atomic E-state index is -0.0675. The maximum absolute atomic E-state index is 12.2. The largest absolute Gasteiger partial charge is 0.497 e. The molecule has 6 nitrogen and oxygen atoms in total. The van der Waals surface area contributed by atoms with Crippen molar-refractivity contribution in [3.8, 4) is 26.9 Å². The number of benzene rings is 2. The molecule has 0 aliphatic rings. The predicted octanol–water partition coefficient (Wildman–Crippen LogP) is 5.65. The molecule has 4 aromatic rings. The van der Waals surface area contributed by atoms with Gasteiger partial charge in [0.1, 0.15) is 21.5 Å². The van der Waals surface area contributed by atoms with Crippen LogP contribution in [0.5, 0.6) is 5.75 Å². The van der Waals surface area contributed by atoms with Gasteiger partial charge < -0.3 is 10.1 Å². The van der Waals surface area contributed by atoms with Gasteiger partial charge in [0.2, 0.25) is 5.91 Å². The number of nitrogens with zero attached hydrogens (tertiary/aromatic N) is 3. The average Bonchev–Trinajstić information content (AvgIpc) is 3.24. The maximum Gasteiger partial charge on any atom is 0.230 e. The van der Waals surface area contributed by atoms with Crippen LogP contribution >= 0.6 is 34.7 Å². The van der Waals surface area contributed by atoms with Crippen molar-refractivity contribution in [2.24, 2.45) is 0 Å². The number of thiazole rings is 1. The van der Waals surface area contributed by atoms with Crippen molar-refractivity contribution in [2.75, 3.05) is 12.9 Å². The molecule has 2 aromatic heterocycles.